The Labute approximate surface area is 66.2 Å². The molecule has 0 aliphatic rings. The standard InChI is InChI=1S/C8H11N3/c1-2-3-4-5-11-7-8(9)6-10-11/h6-7H,4-5,9H2,1H3. The van der Waals surface area contributed by atoms with Crippen LogP contribution in [0.2, 0.25) is 0 Å². The molecule has 0 spiro atoms. The molecule has 0 unspecified atom stereocenters. The summed E-state index contributed by atoms with van der Waals surface area (Å²) in [7, 11) is 0. The largest absolute Gasteiger partial charge is 0.396 e. The van der Waals surface area contributed by atoms with Crippen molar-refractivity contribution in [3.8, 4) is 11.8 Å². The molecule has 1 aromatic heterocycles. The lowest BCUT2D eigenvalue weighted by Crippen LogP contribution is -1.96. The van der Waals surface area contributed by atoms with Crippen LogP contribution in [0.25, 0.3) is 0 Å². The monoisotopic (exact) mass is 149 g/mol. The predicted octanol–water partition coefficient (Wildman–Crippen LogP) is 0.879. The van der Waals surface area contributed by atoms with Crippen molar-refractivity contribution < 1.29 is 0 Å². The van der Waals surface area contributed by atoms with E-state index < -0.39 is 0 Å². The van der Waals surface area contributed by atoms with Crippen LogP contribution >= 0.6 is 0 Å². The number of rotatable bonds is 2. The molecule has 0 bridgehead atoms. The van der Waals surface area contributed by atoms with Crippen molar-refractivity contribution in [1.29, 1.82) is 0 Å². The Balaban J connectivity index is 2.43. The second-order valence-corrected chi connectivity index (χ2v) is 2.21. The van der Waals surface area contributed by atoms with Crippen LogP contribution in [0.4, 0.5) is 5.69 Å². The van der Waals surface area contributed by atoms with Crippen molar-refractivity contribution in [3.63, 3.8) is 0 Å². The quantitative estimate of drug-likeness (QED) is 0.634. The minimum absolute atomic E-state index is 0.703. The Morgan fingerprint density at radius 3 is 3.09 bits per heavy atom. The highest BCUT2D eigenvalue weighted by Crippen LogP contribution is 1.97. The van der Waals surface area contributed by atoms with Crippen LogP contribution in [0.15, 0.2) is 12.4 Å². The molecular formula is C8H11N3. The summed E-state index contributed by atoms with van der Waals surface area (Å²) in [5.41, 5.74) is 6.17. The first-order chi connectivity index (χ1) is 5.33. The lowest BCUT2D eigenvalue weighted by atomic mass is 10.4. The maximum absolute atomic E-state index is 5.46. The maximum atomic E-state index is 5.46. The Morgan fingerprint density at radius 2 is 2.55 bits per heavy atom. The van der Waals surface area contributed by atoms with E-state index in [9.17, 15) is 0 Å². The van der Waals surface area contributed by atoms with Gasteiger partial charge in [0.2, 0.25) is 0 Å². The third-order valence-corrected chi connectivity index (χ3v) is 1.30. The van der Waals surface area contributed by atoms with E-state index in [1.165, 1.54) is 0 Å². The highest BCUT2D eigenvalue weighted by Gasteiger charge is 1.90. The molecule has 0 atom stereocenters. The number of aromatic nitrogens is 2. The Kier molecular flexibility index (Phi) is 2.56. The lowest BCUT2D eigenvalue weighted by molar-refractivity contribution is 0.630. The average Bonchev–Trinajstić information content (AvgIpc) is 2.37. The van der Waals surface area contributed by atoms with Gasteiger partial charge in [0.15, 0.2) is 0 Å². The highest BCUT2D eigenvalue weighted by molar-refractivity contribution is 5.30. The fourth-order valence-electron chi connectivity index (χ4n) is 0.797. The summed E-state index contributed by atoms with van der Waals surface area (Å²) in [6.07, 6.45) is 4.27. The number of hydrogen-bond acceptors (Lipinski definition) is 2. The third kappa shape index (κ3) is 2.34. The van der Waals surface area contributed by atoms with Crippen LogP contribution in [-0.2, 0) is 6.54 Å². The molecule has 1 heterocycles. The van der Waals surface area contributed by atoms with E-state index in [-0.39, 0.29) is 0 Å². The maximum Gasteiger partial charge on any atom is 0.0719 e. The molecule has 0 fully saturated rings. The molecule has 0 aliphatic carbocycles. The normalized spacial score (nSPS) is 8.82. The first kappa shape index (κ1) is 7.67. The van der Waals surface area contributed by atoms with Crippen LogP contribution < -0.4 is 5.73 Å². The van der Waals surface area contributed by atoms with Gasteiger partial charge in [0.1, 0.15) is 0 Å². The molecule has 3 heteroatoms. The Morgan fingerprint density at radius 1 is 1.73 bits per heavy atom. The van der Waals surface area contributed by atoms with Gasteiger partial charge < -0.3 is 5.73 Å². The van der Waals surface area contributed by atoms with Crippen LogP contribution in [-0.4, -0.2) is 9.78 Å². The molecular weight excluding hydrogens is 138 g/mol. The van der Waals surface area contributed by atoms with Crippen LogP contribution in [0.1, 0.15) is 13.3 Å². The van der Waals surface area contributed by atoms with E-state index in [4.69, 9.17) is 5.73 Å². The van der Waals surface area contributed by atoms with Gasteiger partial charge in [-0.25, -0.2) is 0 Å². The molecule has 0 aromatic carbocycles. The number of aryl methyl sites for hydroxylation is 1. The van der Waals surface area contributed by atoms with Crippen molar-refractivity contribution in [2.45, 2.75) is 19.9 Å². The first-order valence-electron chi connectivity index (χ1n) is 3.50. The number of anilines is 1. The van der Waals surface area contributed by atoms with Crippen molar-refractivity contribution >= 4 is 5.69 Å². The fourth-order valence-corrected chi connectivity index (χ4v) is 0.797. The zero-order valence-electron chi connectivity index (χ0n) is 6.54. The van der Waals surface area contributed by atoms with E-state index in [0.29, 0.717) is 5.69 Å². The second-order valence-electron chi connectivity index (χ2n) is 2.21. The highest BCUT2D eigenvalue weighted by atomic mass is 15.3. The van der Waals surface area contributed by atoms with Crippen LogP contribution in [0, 0.1) is 11.8 Å². The summed E-state index contributed by atoms with van der Waals surface area (Å²) in [5, 5.41) is 4.01. The molecule has 0 aliphatic heterocycles. The summed E-state index contributed by atoms with van der Waals surface area (Å²) in [6.45, 7) is 2.65. The lowest BCUT2D eigenvalue weighted by Gasteiger charge is -1.93. The number of hydrogen-bond donors (Lipinski definition) is 1. The van der Waals surface area contributed by atoms with Crippen molar-refractivity contribution in [3.05, 3.63) is 12.4 Å². The van der Waals surface area contributed by atoms with Gasteiger partial charge in [0, 0.05) is 12.6 Å². The predicted molar refractivity (Wildman–Crippen MR) is 44.7 cm³/mol. The van der Waals surface area contributed by atoms with Crippen molar-refractivity contribution in [2.24, 2.45) is 0 Å². The molecule has 3 nitrogen and oxygen atoms in total. The topological polar surface area (TPSA) is 43.8 Å². The molecule has 11 heavy (non-hydrogen) atoms. The molecule has 0 radical (unpaired) electrons. The minimum Gasteiger partial charge on any atom is -0.396 e. The molecule has 1 aromatic rings. The zero-order valence-corrected chi connectivity index (χ0v) is 6.54. The van der Waals surface area contributed by atoms with Gasteiger partial charge in [-0.3, -0.25) is 4.68 Å². The van der Waals surface area contributed by atoms with E-state index in [2.05, 4.69) is 16.9 Å². The zero-order chi connectivity index (χ0) is 8.10. The molecule has 2 N–H and O–H groups in total. The van der Waals surface area contributed by atoms with Crippen LogP contribution in [0.3, 0.4) is 0 Å². The van der Waals surface area contributed by atoms with E-state index in [1.807, 2.05) is 6.92 Å². The van der Waals surface area contributed by atoms with E-state index in [1.54, 1.807) is 17.1 Å². The van der Waals surface area contributed by atoms with Gasteiger partial charge in [-0.05, 0) is 6.92 Å². The fraction of sp³-hybridized carbons (Fsp3) is 0.375. The Hall–Kier alpha value is -1.43. The van der Waals surface area contributed by atoms with Gasteiger partial charge >= 0.3 is 0 Å². The first-order valence-corrected chi connectivity index (χ1v) is 3.50. The van der Waals surface area contributed by atoms with E-state index >= 15 is 0 Å². The summed E-state index contributed by atoms with van der Waals surface area (Å²) < 4.78 is 1.79. The van der Waals surface area contributed by atoms with Crippen molar-refractivity contribution in [2.75, 3.05) is 5.73 Å². The smallest absolute Gasteiger partial charge is 0.0719 e. The van der Waals surface area contributed by atoms with Gasteiger partial charge in [-0.15, -0.1) is 11.8 Å². The average molecular weight is 149 g/mol. The molecule has 58 valence electrons. The van der Waals surface area contributed by atoms with Gasteiger partial charge in [-0.1, -0.05) is 0 Å². The number of nitrogens with zero attached hydrogens (tertiary/aromatic N) is 2. The van der Waals surface area contributed by atoms with Gasteiger partial charge in [0.05, 0.1) is 18.4 Å². The number of nitrogens with two attached hydrogens (primary N) is 1. The summed E-state index contributed by atoms with van der Waals surface area (Å²) in [4.78, 5) is 0. The molecule has 1 rings (SSSR count). The number of nitrogen functional groups attached to an aromatic ring is 1. The van der Waals surface area contributed by atoms with E-state index in [0.717, 1.165) is 13.0 Å². The minimum atomic E-state index is 0.703. The molecule has 0 saturated heterocycles. The Bertz CT molecular complexity index is 277. The van der Waals surface area contributed by atoms with Gasteiger partial charge in [0.25, 0.3) is 0 Å². The SMILES string of the molecule is CC#CCCn1cc(N)cn1. The summed E-state index contributed by atoms with van der Waals surface area (Å²) in [6, 6.07) is 0. The summed E-state index contributed by atoms with van der Waals surface area (Å²) in [5.74, 6) is 5.78. The molecule has 0 amide bonds. The second kappa shape index (κ2) is 3.67. The summed E-state index contributed by atoms with van der Waals surface area (Å²) >= 11 is 0. The van der Waals surface area contributed by atoms with Crippen molar-refractivity contribution in [1.82, 2.24) is 9.78 Å². The van der Waals surface area contributed by atoms with Crippen LogP contribution in [0.5, 0.6) is 0 Å². The molecule has 0 saturated carbocycles. The van der Waals surface area contributed by atoms with Gasteiger partial charge in [-0.2, -0.15) is 5.10 Å². The third-order valence-electron chi connectivity index (χ3n) is 1.30.